The van der Waals surface area contributed by atoms with Crippen molar-refractivity contribution in [3.05, 3.63) is 89.7 Å². The number of benzene rings is 3. The third-order valence-corrected chi connectivity index (χ3v) is 6.61. The van der Waals surface area contributed by atoms with E-state index >= 15 is 0 Å². The number of hydrogen-bond donors (Lipinski definition) is 0. The van der Waals surface area contributed by atoms with Crippen LogP contribution in [0.15, 0.2) is 72.8 Å². The smallest absolute Gasteiger partial charge is 0.227 e. The quantitative estimate of drug-likeness (QED) is 0.306. The minimum absolute atomic E-state index is 0.0862. The molecule has 1 amide bonds. The Kier molecular flexibility index (Phi) is 6.35. The van der Waals surface area contributed by atoms with E-state index in [1.54, 1.807) is 0 Å². The molecule has 5 rings (SSSR count). The van der Waals surface area contributed by atoms with Crippen LogP contribution in [0.1, 0.15) is 42.1 Å². The van der Waals surface area contributed by atoms with Crippen LogP contribution < -0.4 is 9.64 Å². The molecule has 1 aromatic heterocycles. The number of carbonyl (C=O) groups is 1. The van der Waals surface area contributed by atoms with Crippen molar-refractivity contribution in [2.24, 2.45) is 0 Å². The van der Waals surface area contributed by atoms with Gasteiger partial charge in [0.2, 0.25) is 5.91 Å². The summed E-state index contributed by atoms with van der Waals surface area (Å²) >= 11 is 0. The molecule has 0 N–H and O–H groups in total. The highest BCUT2D eigenvalue weighted by molar-refractivity contribution is 5.97. The Balaban J connectivity index is 1.30. The molecule has 4 aromatic rings. The third kappa shape index (κ3) is 4.56. The van der Waals surface area contributed by atoms with Crippen molar-refractivity contribution >= 4 is 22.6 Å². The molecular formula is C29H31N3O2. The molecule has 1 atom stereocenters. The van der Waals surface area contributed by atoms with E-state index in [2.05, 4.69) is 54.8 Å². The van der Waals surface area contributed by atoms with Crippen LogP contribution in [-0.4, -0.2) is 28.6 Å². The summed E-state index contributed by atoms with van der Waals surface area (Å²) in [5.74, 6) is 2.20. The lowest BCUT2D eigenvalue weighted by molar-refractivity contribution is -0.117. The van der Waals surface area contributed by atoms with Crippen LogP contribution in [0.25, 0.3) is 11.0 Å². The zero-order valence-electron chi connectivity index (χ0n) is 19.9. The van der Waals surface area contributed by atoms with Gasteiger partial charge in [-0.3, -0.25) is 4.79 Å². The molecule has 1 aliphatic rings. The fourth-order valence-electron chi connectivity index (χ4n) is 4.89. The molecule has 0 aliphatic carbocycles. The van der Waals surface area contributed by atoms with Crippen molar-refractivity contribution in [2.45, 2.75) is 45.6 Å². The summed E-state index contributed by atoms with van der Waals surface area (Å²) in [5.41, 5.74) is 5.47. The molecular weight excluding hydrogens is 422 g/mol. The number of carbonyl (C=O) groups excluding carboxylic acids is 1. The number of rotatable bonds is 8. The summed E-state index contributed by atoms with van der Waals surface area (Å²) in [4.78, 5) is 19.9. The molecule has 1 saturated heterocycles. The van der Waals surface area contributed by atoms with E-state index in [0.29, 0.717) is 19.6 Å². The van der Waals surface area contributed by atoms with E-state index < -0.39 is 0 Å². The van der Waals surface area contributed by atoms with Crippen molar-refractivity contribution in [3.63, 3.8) is 0 Å². The van der Waals surface area contributed by atoms with Gasteiger partial charge in [0, 0.05) is 31.1 Å². The Morgan fingerprint density at radius 2 is 1.79 bits per heavy atom. The van der Waals surface area contributed by atoms with Gasteiger partial charge in [-0.25, -0.2) is 4.98 Å². The van der Waals surface area contributed by atoms with E-state index in [1.807, 2.05) is 41.3 Å². The van der Waals surface area contributed by atoms with Gasteiger partial charge in [0.05, 0.1) is 17.6 Å². The maximum absolute atomic E-state index is 13.0. The van der Waals surface area contributed by atoms with Gasteiger partial charge in [-0.05, 0) is 68.1 Å². The van der Waals surface area contributed by atoms with Gasteiger partial charge in [-0.15, -0.1) is 0 Å². The van der Waals surface area contributed by atoms with Crippen LogP contribution in [0.4, 0.5) is 5.69 Å². The highest BCUT2D eigenvalue weighted by atomic mass is 16.5. The predicted octanol–water partition coefficient (Wildman–Crippen LogP) is 6.03. The second kappa shape index (κ2) is 9.72. The lowest BCUT2D eigenvalue weighted by atomic mass is 10.1. The van der Waals surface area contributed by atoms with E-state index in [0.717, 1.165) is 53.2 Å². The Morgan fingerprint density at radius 1 is 0.971 bits per heavy atom. The van der Waals surface area contributed by atoms with Gasteiger partial charge in [-0.1, -0.05) is 42.5 Å². The fourth-order valence-corrected chi connectivity index (χ4v) is 4.89. The SMILES string of the molecule is Cc1cccc(OCCCCn2c([C@H]3CC(=O)N(c4ccccc4C)C3)nc3ccccc32)c1. The minimum Gasteiger partial charge on any atom is -0.494 e. The Labute approximate surface area is 201 Å². The zero-order chi connectivity index (χ0) is 23.5. The van der Waals surface area contributed by atoms with E-state index in [9.17, 15) is 4.79 Å². The van der Waals surface area contributed by atoms with Gasteiger partial charge >= 0.3 is 0 Å². The molecule has 3 aromatic carbocycles. The average molecular weight is 454 g/mol. The molecule has 2 heterocycles. The molecule has 0 bridgehead atoms. The standard InChI is InChI=1S/C29H31N3O2/c1-21-10-9-12-24(18-21)34-17-8-7-16-31-27-15-6-4-13-25(27)30-29(31)23-19-28(33)32(20-23)26-14-5-3-11-22(26)2/h3-6,9-15,18,23H,7-8,16-17,19-20H2,1-2H3/t23-/m0/s1. The Hall–Kier alpha value is -3.60. The summed E-state index contributed by atoms with van der Waals surface area (Å²) in [6.45, 7) is 6.36. The molecule has 0 radical (unpaired) electrons. The average Bonchev–Trinajstić information content (AvgIpc) is 3.40. The number of unbranched alkanes of at least 4 members (excludes halogenated alkanes) is 1. The summed E-state index contributed by atoms with van der Waals surface area (Å²) in [6, 6.07) is 24.6. The molecule has 1 aliphatic heterocycles. The summed E-state index contributed by atoms with van der Waals surface area (Å²) in [5, 5.41) is 0. The number of para-hydroxylation sites is 3. The third-order valence-electron chi connectivity index (χ3n) is 6.61. The molecule has 0 unspecified atom stereocenters. The Morgan fingerprint density at radius 3 is 2.65 bits per heavy atom. The topological polar surface area (TPSA) is 47.4 Å². The number of anilines is 1. The molecule has 34 heavy (non-hydrogen) atoms. The lowest BCUT2D eigenvalue weighted by Crippen LogP contribution is -2.25. The number of imidazole rings is 1. The first-order chi connectivity index (χ1) is 16.6. The number of aryl methyl sites for hydroxylation is 3. The van der Waals surface area contributed by atoms with Crippen LogP contribution >= 0.6 is 0 Å². The molecule has 1 fully saturated rings. The molecule has 0 saturated carbocycles. The van der Waals surface area contributed by atoms with Crippen molar-refractivity contribution in [3.8, 4) is 5.75 Å². The van der Waals surface area contributed by atoms with Crippen LogP contribution in [0.2, 0.25) is 0 Å². The second-order valence-corrected chi connectivity index (χ2v) is 9.17. The van der Waals surface area contributed by atoms with Crippen LogP contribution in [-0.2, 0) is 11.3 Å². The van der Waals surface area contributed by atoms with E-state index in [4.69, 9.17) is 9.72 Å². The maximum Gasteiger partial charge on any atom is 0.227 e. The maximum atomic E-state index is 13.0. The van der Waals surface area contributed by atoms with Gasteiger partial charge in [0.25, 0.3) is 0 Å². The monoisotopic (exact) mass is 453 g/mol. The largest absolute Gasteiger partial charge is 0.494 e. The number of hydrogen-bond acceptors (Lipinski definition) is 3. The van der Waals surface area contributed by atoms with Crippen LogP contribution in [0, 0.1) is 13.8 Å². The van der Waals surface area contributed by atoms with Crippen LogP contribution in [0.5, 0.6) is 5.75 Å². The first kappa shape index (κ1) is 22.2. The highest BCUT2D eigenvalue weighted by Gasteiger charge is 2.35. The van der Waals surface area contributed by atoms with Gasteiger partial charge in [-0.2, -0.15) is 0 Å². The minimum atomic E-state index is 0.0862. The second-order valence-electron chi connectivity index (χ2n) is 9.17. The van der Waals surface area contributed by atoms with Crippen molar-refractivity contribution in [1.82, 2.24) is 9.55 Å². The molecule has 0 spiro atoms. The summed E-state index contributed by atoms with van der Waals surface area (Å²) in [6.07, 6.45) is 2.44. The van der Waals surface area contributed by atoms with Gasteiger partial charge in [0.1, 0.15) is 11.6 Å². The molecule has 5 nitrogen and oxygen atoms in total. The first-order valence-electron chi connectivity index (χ1n) is 12.1. The Bertz CT molecular complexity index is 1310. The van der Waals surface area contributed by atoms with E-state index in [-0.39, 0.29) is 11.8 Å². The summed E-state index contributed by atoms with van der Waals surface area (Å²) in [7, 11) is 0. The number of amides is 1. The fraction of sp³-hybridized carbons (Fsp3) is 0.310. The molecule has 174 valence electrons. The molecule has 5 heteroatoms. The highest BCUT2D eigenvalue weighted by Crippen LogP contribution is 2.34. The van der Waals surface area contributed by atoms with Crippen molar-refractivity contribution in [1.29, 1.82) is 0 Å². The van der Waals surface area contributed by atoms with Gasteiger partial charge in [0.15, 0.2) is 0 Å². The predicted molar refractivity (Wildman–Crippen MR) is 137 cm³/mol. The summed E-state index contributed by atoms with van der Waals surface area (Å²) < 4.78 is 8.26. The van der Waals surface area contributed by atoms with Crippen molar-refractivity contribution < 1.29 is 9.53 Å². The number of ether oxygens (including phenoxy) is 1. The zero-order valence-corrected chi connectivity index (χ0v) is 19.9. The lowest BCUT2D eigenvalue weighted by Gasteiger charge is -2.19. The van der Waals surface area contributed by atoms with Crippen LogP contribution in [0.3, 0.4) is 0 Å². The number of fused-ring (bicyclic) bond motifs is 1. The number of aromatic nitrogens is 2. The first-order valence-corrected chi connectivity index (χ1v) is 12.1. The number of nitrogens with zero attached hydrogens (tertiary/aromatic N) is 3. The normalized spacial score (nSPS) is 15.9. The van der Waals surface area contributed by atoms with Gasteiger partial charge < -0.3 is 14.2 Å². The van der Waals surface area contributed by atoms with Crippen molar-refractivity contribution in [2.75, 3.05) is 18.1 Å². The van der Waals surface area contributed by atoms with E-state index in [1.165, 1.54) is 5.56 Å².